The van der Waals surface area contributed by atoms with Crippen LogP contribution in [0.5, 0.6) is 0 Å². The summed E-state index contributed by atoms with van der Waals surface area (Å²) in [7, 11) is 0. The summed E-state index contributed by atoms with van der Waals surface area (Å²) in [5.74, 6) is -1.53. The molecule has 20 heavy (non-hydrogen) atoms. The number of rotatable bonds is 2. The number of carbonyl (C=O) groups excluding carboxylic acids is 1. The standard InChI is InChI=1S/C14H7F4IO/c15-12-5-4-10(19)7-11(12)13(20)8-2-1-3-9(6-8)14(16,17)18/h1-7H. The Bertz CT molecular complexity index is 664. The molecule has 0 fully saturated rings. The van der Waals surface area contributed by atoms with Crippen molar-refractivity contribution in [2.24, 2.45) is 0 Å². The molecule has 0 spiro atoms. The molecule has 0 heterocycles. The summed E-state index contributed by atoms with van der Waals surface area (Å²) in [5, 5.41) is 0. The van der Waals surface area contributed by atoms with E-state index in [9.17, 15) is 22.4 Å². The van der Waals surface area contributed by atoms with Crippen molar-refractivity contribution in [2.75, 3.05) is 0 Å². The van der Waals surface area contributed by atoms with Crippen LogP contribution in [0.2, 0.25) is 0 Å². The van der Waals surface area contributed by atoms with Crippen LogP contribution < -0.4 is 0 Å². The first kappa shape index (κ1) is 15.0. The van der Waals surface area contributed by atoms with Crippen LogP contribution in [0.4, 0.5) is 17.6 Å². The molecule has 2 aromatic carbocycles. The smallest absolute Gasteiger partial charge is 0.288 e. The molecule has 1 nitrogen and oxygen atoms in total. The van der Waals surface area contributed by atoms with E-state index in [0.29, 0.717) is 3.57 Å². The molecule has 0 aliphatic rings. The van der Waals surface area contributed by atoms with Gasteiger partial charge in [-0.15, -0.1) is 0 Å². The van der Waals surface area contributed by atoms with Crippen LogP contribution in [0.1, 0.15) is 21.5 Å². The fourth-order valence-corrected chi connectivity index (χ4v) is 2.15. The largest absolute Gasteiger partial charge is 0.416 e. The summed E-state index contributed by atoms with van der Waals surface area (Å²) in [6, 6.07) is 7.84. The van der Waals surface area contributed by atoms with E-state index in [4.69, 9.17) is 0 Å². The highest BCUT2D eigenvalue weighted by molar-refractivity contribution is 14.1. The van der Waals surface area contributed by atoms with Crippen molar-refractivity contribution in [1.82, 2.24) is 0 Å². The van der Waals surface area contributed by atoms with Gasteiger partial charge in [-0.2, -0.15) is 13.2 Å². The summed E-state index contributed by atoms with van der Waals surface area (Å²) < 4.78 is 52.0. The average Bonchev–Trinajstić information content (AvgIpc) is 2.40. The SMILES string of the molecule is O=C(c1cccc(C(F)(F)F)c1)c1cc(I)ccc1F. The topological polar surface area (TPSA) is 17.1 Å². The van der Waals surface area contributed by atoms with Crippen molar-refractivity contribution in [3.8, 4) is 0 Å². The first-order chi connectivity index (χ1) is 9.29. The maximum absolute atomic E-state index is 13.6. The van der Waals surface area contributed by atoms with Crippen molar-refractivity contribution in [3.05, 3.63) is 68.5 Å². The van der Waals surface area contributed by atoms with E-state index in [-0.39, 0.29) is 11.1 Å². The third-order valence-corrected chi connectivity index (χ3v) is 3.30. The van der Waals surface area contributed by atoms with Crippen LogP contribution >= 0.6 is 22.6 Å². The van der Waals surface area contributed by atoms with Gasteiger partial charge in [0, 0.05) is 9.13 Å². The molecule has 0 radical (unpaired) electrons. The Morgan fingerprint density at radius 3 is 2.40 bits per heavy atom. The number of ketones is 1. The quantitative estimate of drug-likeness (QED) is 0.411. The molecule has 0 aliphatic carbocycles. The molecule has 0 bridgehead atoms. The molecular formula is C14H7F4IO. The van der Waals surface area contributed by atoms with Gasteiger partial charge in [0.05, 0.1) is 11.1 Å². The van der Waals surface area contributed by atoms with Gasteiger partial charge in [0.1, 0.15) is 5.82 Å². The van der Waals surface area contributed by atoms with Crippen LogP contribution in [-0.4, -0.2) is 5.78 Å². The Balaban J connectivity index is 2.46. The molecule has 2 rings (SSSR count). The van der Waals surface area contributed by atoms with E-state index < -0.39 is 23.3 Å². The van der Waals surface area contributed by atoms with Gasteiger partial charge in [0.25, 0.3) is 0 Å². The number of carbonyl (C=O) groups is 1. The van der Waals surface area contributed by atoms with Crippen LogP contribution in [0, 0.1) is 9.39 Å². The van der Waals surface area contributed by atoms with E-state index >= 15 is 0 Å². The van der Waals surface area contributed by atoms with Crippen molar-refractivity contribution < 1.29 is 22.4 Å². The zero-order valence-electron chi connectivity index (χ0n) is 9.84. The molecule has 0 aromatic heterocycles. The summed E-state index contributed by atoms with van der Waals surface area (Å²) in [4.78, 5) is 12.1. The van der Waals surface area contributed by atoms with Gasteiger partial charge in [0.2, 0.25) is 0 Å². The first-order valence-corrected chi connectivity index (χ1v) is 6.54. The summed E-state index contributed by atoms with van der Waals surface area (Å²) in [5.41, 5.74) is -1.37. The Morgan fingerprint density at radius 1 is 1.05 bits per heavy atom. The number of halogens is 5. The molecular weight excluding hydrogens is 387 g/mol. The Hall–Kier alpha value is -1.44. The van der Waals surface area contributed by atoms with E-state index in [1.165, 1.54) is 18.2 Å². The average molecular weight is 394 g/mol. The molecule has 0 atom stereocenters. The first-order valence-electron chi connectivity index (χ1n) is 5.46. The number of benzene rings is 2. The number of hydrogen-bond donors (Lipinski definition) is 0. The fourth-order valence-electron chi connectivity index (χ4n) is 1.66. The van der Waals surface area contributed by atoms with Crippen LogP contribution in [0.15, 0.2) is 42.5 Å². The lowest BCUT2D eigenvalue weighted by atomic mass is 10.0. The third kappa shape index (κ3) is 3.17. The Kier molecular flexibility index (Phi) is 4.12. The molecule has 0 unspecified atom stereocenters. The highest BCUT2D eigenvalue weighted by atomic mass is 127. The van der Waals surface area contributed by atoms with E-state index in [1.54, 1.807) is 0 Å². The minimum Gasteiger partial charge on any atom is -0.288 e. The van der Waals surface area contributed by atoms with Gasteiger partial charge < -0.3 is 0 Å². The second kappa shape index (κ2) is 5.51. The van der Waals surface area contributed by atoms with E-state index in [1.807, 2.05) is 22.6 Å². The minimum atomic E-state index is -4.54. The second-order valence-electron chi connectivity index (χ2n) is 4.03. The molecule has 2 aromatic rings. The normalized spacial score (nSPS) is 11.4. The highest BCUT2D eigenvalue weighted by Gasteiger charge is 2.31. The maximum atomic E-state index is 13.6. The van der Waals surface area contributed by atoms with Gasteiger partial charge in [-0.1, -0.05) is 12.1 Å². The summed E-state index contributed by atoms with van der Waals surface area (Å²) in [6.45, 7) is 0. The van der Waals surface area contributed by atoms with Gasteiger partial charge in [-0.3, -0.25) is 4.79 Å². The third-order valence-electron chi connectivity index (χ3n) is 2.63. The molecule has 0 N–H and O–H groups in total. The molecule has 0 amide bonds. The molecule has 104 valence electrons. The Morgan fingerprint density at radius 2 is 1.75 bits per heavy atom. The zero-order chi connectivity index (χ0) is 14.9. The number of hydrogen-bond acceptors (Lipinski definition) is 1. The lowest BCUT2D eigenvalue weighted by molar-refractivity contribution is -0.137. The van der Waals surface area contributed by atoms with Gasteiger partial charge in [-0.05, 0) is 52.9 Å². The van der Waals surface area contributed by atoms with E-state index in [2.05, 4.69) is 0 Å². The van der Waals surface area contributed by atoms with Crippen molar-refractivity contribution >= 4 is 28.4 Å². The molecule has 0 saturated carbocycles. The van der Waals surface area contributed by atoms with Gasteiger partial charge >= 0.3 is 6.18 Å². The fraction of sp³-hybridized carbons (Fsp3) is 0.0714. The maximum Gasteiger partial charge on any atom is 0.416 e. The predicted octanol–water partition coefficient (Wildman–Crippen LogP) is 4.68. The monoisotopic (exact) mass is 394 g/mol. The molecule has 6 heteroatoms. The summed E-state index contributed by atoms with van der Waals surface area (Å²) in [6.07, 6.45) is -4.54. The predicted molar refractivity (Wildman–Crippen MR) is 74.0 cm³/mol. The van der Waals surface area contributed by atoms with Gasteiger partial charge in [-0.25, -0.2) is 4.39 Å². The summed E-state index contributed by atoms with van der Waals surface area (Å²) >= 11 is 1.90. The van der Waals surface area contributed by atoms with Gasteiger partial charge in [0.15, 0.2) is 5.78 Å². The lowest BCUT2D eigenvalue weighted by Crippen LogP contribution is -2.09. The van der Waals surface area contributed by atoms with Crippen LogP contribution in [-0.2, 0) is 6.18 Å². The van der Waals surface area contributed by atoms with Crippen molar-refractivity contribution in [3.63, 3.8) is 0 Å². The highest BCUT2D eigenvalue weighted by Crippen LogP contribution is 2.30. The van der Waals surface area contributed by atoms with Crippen LogP contribution in [0.25, 0.3) is 0 Å². The van der Waals surface area contributed by atoms with E-state index in [0.717, 1.165) is 24.3 Å². The van der Waals surface area contributed by atoms with Crippen molar-refractivity contribution in [1.29, 1.82) is 0 Å². The minimum absolute atomic E-state index is 0.194. The molecule has 0 saturated heterocycles. The molecule has 0 aliphatic heterocycles. The second-order valence-corrected chi connectivity index (χ2v) is 5.28. The van der Waals surface area contributed by atoms with Crippen LogP contribution in [0.3, 0.4) is 0 Å². The lowest BCUT2D eigenvalue weighted by Gasteiger charge is -2.08. The Labute approximate surface area is 125 Å². The zero-order valence-corrected chi connectivity index (χ0v) is 12.0. The number of alkyl halides is 3. The van der Waals surface area contributed by atoms with Crippen molar-refractivity contribution in [2.45, 2.75) is 6.18 Å².